The highest BCUT2D eigenvalue weighted by Crippen LogP contribution is 2.50. The van der Waals surface area contributed by atoms with Crippen LogP contribution in [0, 0.1) is 0 Å². The quantitative estimate of drug-likeness (QED) is 0.165. The van der Waals surface area contributed by atoms with E-state index in [-0.39, 0.29) is 0 Å². The van der Waals surface area contributed by atoms with Crippen LogP contribution < -0.4 is 0 Å². The van der Waals surface area contributed by atoms with Gasteiger partial charge >= 0.3 is 0 Å². The van der Waals surface area contributed by atoms with Crippen LogP contribution in [0.3, 0.4) is 0 Å². The van der Waals surface area contributed by atoms with Crippen molar-refractivity contribution in [2.45, 2.75) is 0 Å². The SMILES string of the molecule is c1ccc(-c2ccc(-c3cc(-c4ccc(-c5sc6c(c(-c7ccccc7)nc7ccccc76)c5-c5ccccc5)cc4)nc(-c4ccccc4)n3)cc2)cc1. The number of hydrogen-bond donors (Lipinski definition) is 0. The minimum Gasteiger partial charge on any atom is -0.247 e. The third-order valence-corrected chi connectivity index (χ3v) is 11.4. The van der Waals surface area contributed by atoms with Crippen molar-refractivity contribution in [2.75, 3.05) is 0 Å². The van der Waals surface area contributed by atoms with Crippen LogP contribution in [0.1, 0.15) is 0 Å². The number of hydrogen-bond acceptors (Lipinski definition) is 4. The molecule has 0 aliphatic carbocycles. The van der Waals surface area contributed by atoms with E-state index in [0.29, 0.717) is 5.82 Å². The summed E-state index contributed by atoms with van der Waals surface area (Å²) in [6.45, 7) is 0. The number of rotatable bonds is 7. The van der Waals surface area contributed by atoms with Crippen LogP contribution in [0.4, 0.5) is 0 Å². The van der Waals surface area contributed by atoms with E-state index >= 15 is 0 Å². The standard InChI is InChI=1S/C51H33N3S/c1-5-15-34(16-6-1)35-25-27-36(28-26-35)44-33-45(54-51(53-44)41-21-11-4-12-22-41)37-29-31-40(32-30-37)49-46(38-17-7-2-8-18-38)47-48(39-19-9-3-10-20-39)52-43-24-14-13-23-42(43)50(47)55-49/h1-33H. The van der Waals surface area contributed by atoms with Crippen LogP contribution in [0.25, 0.3) is 98.8 Å². The van der Waals surface area contributed by atoms with Crippen LogP contribution in [0.5, 0.6) is 0 Å². The lowest BCUT2D eigenvalue weighted by Crippen LogP contribution is -1.96. The fraction of sp³-hybridized carbons (Fsp3) is 0. The fourth-order valence-electron chi connectivity index (χ4n) is 7.39. The number of nitrogens with zero attached hydrogens (tertiary/aromatic N) is 3. The molecule has 0 atom stereocenters. The van der Waals surface area contributed by atoms with Crippen molar-refractivity contribution in [2.24, 2.45) is 0 Å². The first-order valence-corrected chi connectivity index (χ1v) is 19.3. The Morgan fingerprint density at radius 1 is 0.345 bits per heavy atom. The van der Waals surface area contributed by atoms with Gasteiger partial charge in [-0.15, -0.1) is 11.3 Å². The molecule has 0 aliphatic rings. The molecule has 3 heterocycles. The second-order valence-corrected chi connectivity index (χ2v) is 14.6. The molecule has 0 N–H and O–H groups in total. The molecule has 7 aromatic carbocycles. The van der Waals surface area contributed by atoms with Gasteiger partial charge in [0.15, 0.2) is 5.82 Å². The van der Waals surface area contributed by atoms with Gasteiger partial charge in [0, 0.05) is 48.2 Å². The van der Waals surface area contributed by atoms with Crippen LogP contribution in [0.2, 0.25) is 0 Å². The number of thiophene rings is 1. The topological polar surface area (TPSA) is 38.7 Å². The molecule has 10 rings (SSSR count). The fourth-order valence-corrected chi connectivity index (χ4v) is 8.75. The van der Waals surface area contributed by atoms with E-state index in [4.69, 9.17) is 15.0 Å². The van der Waals surface area contributed by atoms with Crippen LogP contribution >= 0.6 is 11.3 Å². The molecular weight excluding hydrogens is 687 g/mol. The molecule has 4 heteroatoms. The number of fused-ring (bicyclic) bond motifs is 3. The molecule has 0 unspecified atom stereocenters. The Balaban J connectivity index is 1.12. The van der Waals surface area contributed by atoms with Crippen LogP contribution in [-0.4, -0.2) is 15.0 Å². The average molecular weight is 720 g/mol. The first-order chi connectivity index (χ1) is 27.3. The molecule has 258 valence electrons. The van der Waals surface area contributed by atoms with E-state index in [2.05, 4.69) is 176 Å². The normalized spacial score (nSPS) is 11.3. The number of benzene rings is 7. The molecular formula is C51H33N3S. The van der Waals surface area contributed by atoms with Crippen molar-refractivity contribution in [3.05, 3.63) is 200 Å². The highest BCUT2D eigenvalue weighted by atomic mass is 32.1. The van der Waals surface area contributed by atoms with E-state index in [1.54, 1.807) is 0 Å². The molecule has 0 fully saturated rings. The minimum absolute atomic E-state index is 0.702. The Morgan fingerprint density at radius 2 is 0.800 bits per heavy atom. The maximum Gasteiger partial charge on any atom is 0.160 e. The molecule has 3 aromatic heterocycles. The van der Waals surface area contributed by atoms with Crippen molar-refractivity contribution in [1.82, 2.24) is 15.0 Å². The van der Waals surface area contributed by atoms with Gasteiger partial charge in [0.05, 0.1) is 22.6 Å². The lowest BCUT2D eigenvalue weighted by atomic mass is 9.94. The van der Waals surface area contributed by atoms with Crippen LogP contribution in [-0.2, 0) is 0 Å². The molecule has 3 nitrogen and oxygen atoms in total. The van der Waals surface area contributed by atoms with E-state index in [1.165, 1.54) is 42.6 Å². The summed E-state index contributed by atoms with van der Waals surface area (Å²) < 4.78 is 1.24. The van der Waals surface area contributed by atoms with Gasteiger partial charge in [0.1, 0.15) is 0 Å². The molecule has 0 saturated heterocycles. The Morgan fingerprint density at radius 3 is 1.40 bits per heavy atom. The van der Waals surface area contributed by atoms with Gasteiger partial charge in [-0.2, -0.15) is 0 Å². The molecule has 55 heavy (non-hydrogen) atoms. The summed E-state index contributed by atoms with van der Waals surface area (Å²) >= 11 is 1.85. The Labute approximate surface area is 323 Å². The second-order valence-electron chi connectivity index (χ2n) is 13.6. The smallest absolute Gasteiger partial charge is 0.160 e. The van der Waals surface area contributed by atoms with Gasteiger partial charge in [-0.05, 0) is 34.4 Å². The molecule has 0 spiro atoms. The zero-order valence-corrected chi connectivity index (χ0v) is 30.6. The lowest BCUT2D eigenvalue weighted by Gasteiger charge is -2.12. The number of para-hydroxylation sites is 1. The summed E-state index contributed by atoms with van der Waals surface area (Å²) in [4.78, 5) is 16.7. The monoisotopic (exact) mass is 719 g/mol. The third-order valence-electron chi connectivity index (χ3n) is 10.1. The molecule has 10 aromatic rings. The molecule has 0 radical (unpaired) electrons. The molecule has 0 amide bonds. The van der Waals surface area contributed by atoms with Gasteiger partial charge in [0.2, 0.25) is 0 Å². The summed E-state index contributed by atoms with van der Waals surface area (Å²) in [6.07, 6.45) is 0. The summed E-state index contributed by atoms with van der Waals surface area (Å²) in [6, 6.07) is 70.1. The Bertz CT molecular complexity index is 2920. The maximum atomic E-state index is 5.30. The summed E-state index contributed by atoms with van der Waals surface area (Å²) in [5, 5.41) is 2.35. The van der Waals surface area contributed by atoms with E-state index < -0.39 is 0 Å². The Hall–Kier alpha value is -7.01. The first-order valence-electron chi connectivity index (χ1n) is 18.4. The predicted molar refractivity (Wildman–Crippen MR) is 231 cm³/mol. The van der Waals surface area contributed by atoms with E-state index in [1.807, 2.05) is 35.6 Å². The first kappa shape index (κ1) is 32.6. The molecule has 0 bridgehead atoms. The van der Waals surface area contributed by atoms with Crippen molar-refractivity contribution >= 4 is 32.3 Å². The zero-order valence-electron chi connectivity index (χ0n) is 29.8. The number of pyridine rings is 1. The lowest BCUT2D eigenvalue weighted by molar-refractivity contribution is 1.18. The summed E-state index contributed by atoms with van der Waals surface area (Å²) in [5.41, 5.74) is 13.8. The highest BCUT2D eigenvalue weighted by Gasteiger charge is 2.22. The zero-order chi connectivity index (χ0) is 36.6. The highest BCUT2D eigenvalue weighted by molar-refractivity contribution is 7.24. The van der Waals surface area contributed by atoms with Crippen molar-refractivity contribution in [3.63, 3.8) is 0 Å². The van der Waals surface area contributed by atoms with Gasteiger partial charge < -0.3 is 0 Å². The van der Waals surface area contributed by atoms with Crippen molar-refractivity contribution in [3.8, 4) is 77.9 Å². The largest absolute Gasteiger partial charge is 0.247 e. The summed E-state index contributed by atoms with van der Waals surface area (Å²) in [7, 11) is 0. The Kier molecular flexibility index (Phi) is 8.36. The third kappa shape index (κ3) is 6.19. The average Bonchev–Trinajstić information content (AvgIpc) is 3.68. The van der Waals surface area contributed by atoms with E-state index in [9.17, 15) is 0 Å². The van der Waals surface area contributed by atoms with Gasteiger partial charge in [-0.25, -0.2) is 15.0 Å². The van der Waals surface area contributed by atoms with Gasteiger partial charge in [-0.3, -0.25) is 0 Å². The van der Waals surface area contributed by atoms with Crippen molar-refractivity contribution < 1.29 is 0 Å². The van der Waals surface area contributed by atoms with Crippen LogP contribution in [0.15, 0.2) is 200 Å². The second kappa shape index (κ2) is 14.1. The minimum atomic E-state index is 0.702. The molecule has 0 aliphatic heterocycles. The van der Waals surface area contributed by atoms with E-state index in [0.717, 1.165) is 50.4 Å². The number of aromatic nitrogens is 3. The van der Waals surface area contributed by atoms with Gasteiger partial charge in [0.25, 0.3) is 0 Å². The maximum absolute atomic E-state index is 5.30. The summed E-state index contributed by atoms with van der Waals surface area (Å²) in [5.74, 6) is 0.702. The molecule has 0 saturated carbocycles. The van der Waals surface area contributed by atoms with Crippen molar-refractivity contribution in [1.29, 1.82) is 0 Å². The van der Waals surface area contributed by atoms with Gasteiger partial charge in [-0.1, -0.05) is 188 Å². The predicted octanol–water partition coefficient (Wildman–Crippen LogP) is 13.9.